The van der Waals surface area contributed by atoms with Gasteiger partial charge in [0.25, 0.3) is 11.7 Å². The number of hydrogen-bond donors (Lipinski definition) is 0. The summed E-state index contributed by atoms with van der Waals surface area (Å²) in [7, 11) is 0. The number of amides is 1. The number of carbonyl (C=O) groups is 2. The van der Waals surface area contributed by atoms with Gasteiger partial charge in [0.05, 0.1) is 34.5 Å². The van der Waals surface area contributed by atoms with Crippen LogP contribution in [0.3, 0.4) is 0 Å². The van der Waals surface area contributed by atoms with Crippen molar-refractivity contribution in [2.24, 2.45) is 0 Å². The van der Waals surface area contributed by atoms with Crippen molar-refractivity contribution in [3.05, 3.63) is 27.7 Å². The molecule has 1 heterocycles. The number of anilines is 1. The van der Waals surface area contributed by atoms with Crippen LogP contribution in [0, 0.1) is 0 Å². The molecule has 0 saturated heterocycles. The summed E-state index contributed by atoms with van der Waals surface area (Å²) < 4.78 is 5.20. The highest BCUT2D eigenvalue weighted by Gasteiger charge is 2.38. The molecule has 2 rings (SSSR count). The fourth-order valence-electron chi connectivity index (χ4n) is 1.88. The van der Waals surface area contributed by atoms with Gasteiger partial charge in [-0.3, -0.25) is 9.59 Å². The lowest BCUT2D eigenvalue weighted by atomic mass is 10.1. The predicted molar refractivity (Wildman–Crippen MR) is 74.7 cm³/mol. The van der Waals surface area contributed by atoms with E-state index in [-0.39, 0.29) is 23.7 Å². The molecule has 4 nitrogen and oxygen atoms in total. The molecule has 1 amide bonds. The van der Waals surface area contributed by atoms with Gasteiger partial charge in [0.15, 0.2) is 0 Å². The Morgan fingerprint density at radius 2 is 1.79 bits per heavy atom. The van der Waals surface area contributed by atoms with Gasteiger partial charge >= 0.3 is 0 Å². The van der Waals surface area contributed by atoms with E-state index in [1.807, 2.05) is 0 Å². The molecule has 0 bridgehead atoms. The van der Waals surface area contributed by atoms with Crippen LogP contribution in [-0.4, -0.2) is 37.3 Å². The molecule has 0 N–H and O–H groups in total. The molecule has 0 spiro atoms. The van der Waals surface area contributed by atoms with Gasteiger partial charge in [0.1, 0.15) is 0 Å². The minimum Gasteiger partial charge on any atom is -0.378 e. The zero-order valence-electron chi connectivity index (χ0n) is 9.79. The second-order valence-corrected chi connectivity index (χ2v) is 5.03. The molecule has 19 heavy (non-hydrogen) atoms. The smallest absolute Gasteiger partial charge is 0.299 e. The van der Waals surface area contributed by atoms with E-state index in [1.165, 1.54) is 11.0 Å². The molecule has 0 saturated carbocycles. The van der Waals surface area contributed by atoms with Crippen molar-refractivity contribution < 1.29 is 14.3 Å². The lowest BCUT2D eigenvalue weighted by molar-refractivity contribution is -0.114. The number of hydrogen-bond acceptors (Lipinski definition) is 3. The average molecular weight is 323 g/mol. The molecular weight excluding hydrogens is 312 g/mol. The van der Waals surface area contributed by atoms with Crippen molar-refractivity contribution in [1.29, 1.82) is 0 Å². The van der Waals surface area contributed by atoms with E-state index in [9.17, 15) is 9.59 Å². The van der Waals surface area contributed by atoms with Crippen molar-refractivity contribution in [3.8, 4) is 0 Å². The van der Waals surface area contributed by atoms with Crippen molar-refractivity contribution in [2.45, 2.75) is 0 Å². The standard InChI is InChI=1S/C12H10Cl3NO3/c13-3-5-19-6-4-16-10-8(15)2-1-7(14)9(10)11(17)12(16)18/h1-2H,3-6H2. The van der Waals surface area contributed by atoms with Gasteiger partial charge in [0, 0.05) is 12.4 Å². The third kappa shape index (κ3) is 2.72. The highest BCUT2D eigenvalue weighted by atomic mass is 35.5. The number of rotatable bonds is 5. The van der Waals surface area contributed by atoms with Gasteiger partial charge in [-0.25, -0.2) is 0 Å². The van der Waals surface area contributed by atoms with Gasteiger partial charge in [-0.1, -0.05) is 23.2 Å². The third-order valence-electron chi connectivity index (χ3n) is 2.69. The van der Waals surface area contributed by atoms with E-state index in [0.29, 0.717) is 23.2 Å². The fraction of sp³-hybridized carbons (Fsp3) is 0.333. The zero-order chi connectivity index (χ0) is 14.0. The second-order valence-electron chi connectivity index (χ2n) is 3.84. The van der Waals surface area contributed by atoms with Gasteiger partial charge in [-0.05, 0) is 12.1 Å². The van der Waals surface area contributed by atoms with Crippen LogP contribution in [-0.2, 0) is 9.53 Å². The van der Waals surface area contributed by atoms with E-state index in [1.54, 1.807) is 6.07 Å². The molecule has 7 heteroatoms. The lowest BCUT2D eigenvalue weighted by Crippen LogP contribution is -2.33. The van der Waals surface area contributed by atoms with E-state index >= 15 is 0 Å². The van der Waals surface area contributed by atoms with Crippen molar-refractivity contribution in [3.63, 3.8) is 0 Å². The number of nitrogens with zero attached hydrogens (tertiary/aromatic N) is 1. The first-order valence-corrected chi connectivity index (χ1v) is 6.85. The predicted octanol–water partition coefficient (Wildman–Crippen LogP) is 2.78. The van der Waals surface area contributed by atoms with Crippen LogP contribution in [0.15, 0.2) is 12.1 Å². The Kier molecular flexibility index (Phi) is 4.68. The molecule has 0 atom stereocenters. The maximum absolute atomic E-state index is 11.9. The van der Waals surface area contributed by atoms with Crippen LogP contribution in [0.5, 0.6) is 0 Å². The number of Topliss-reactive ketones (excluding diaryl/α,β-unsaturated/α-hetero) is 1. The van der Waals surface area contributed by atoms with E-state index < -0.39 is 11.7 Å². The van der Waals surface area contributed by atoms with E-state index in [4.69, 9.17) is 39.5 Å². The minimum atomic E-state index is -0.639. The van der Waals surface area contributed by atoms with E-state index in [0.717, 1.165) is 0 Å². The molecule has 0 aliphatic carbocycles. The summed E-state index contributed by atoms with van der Waals surface area (Å²) in [6.45, 7) is 0.885. The molecule has 0 aromatic heterocycles. The molecule has 1 aliphatic rings. The third-order valence-corrected chi connectivity index (χ3v) is 3.47. The molecular formula is C12H10Cl3NO3. The summed E-state index contributed by atoms with van der Waals surface area (Å²) in [6.07, 6.45) is 0. The Morgan fingerprint density at radius 1 is 1.11 bits per heavy atom. The van der Waals surface area contributed by atoms with Crippen LogP contribution in [0.4, 0.5) is 5.69 Å². The van der Waals surface area contributed by atoms with Gasteiger partial charge in [-0.15, -0.1) is 11.6 Å². The van der Waals surface area contributed by atoms with E-state index in [2.05, 4.69) is 0 Å². The number of ketones is 1. The van der Waals surface area contributed by atoms with Crippen LogP contribution in [0.1, 0.15) is 10.4 Å². The first-order chi connectivity index (χ1) is 9.07. The Morgan fingerprint density at radius 3 is 2.47 bits per heavy atom. The van der Waals surface area contributed by atoms with Crippen LogP contribution < -0.4 is 4.90 Å². The Balaban J connectivity index is 2.26. The van der Waals surface area contributed by atoms with Crippen LogP contribution in [0.25, 0.3) is 0 Å². The minimum absolute atomic E-state index is 0.163. The fourth-order valence-corrected chi connectivity index (χ4v) is 2.48. The first kappa shape index (κ1) is 14.6. The molecule has 1 aromatic carbocycles. The number of fused-ring (bicyclic) bond motifs is 1. The number of carbonyl (C=O) groups excluding carboxylic acids is 2. The van der Waals surface area contributed by atoms with Gasteiger partial charge in [-0.2, -0.15) is 0 Å². The van der Waals surface area contributed by atoms with Crippen LogP contribution >= 0.6 is 34.8 Å². The largest absolute Gasteiger partial charge is 0.378 e. The maximum atomic E-state index is 11.9. The Bertz CT molecular complexity index is 533. The lowest BCUT2D eigenvalue weighted by Gasteiger charge is -2.17. The first-order valence-electron chi connectivity index (χ1n) is 5.55. The number of alkyl halides is 1. The van der Waals surface area contributed by atoms with Crippen LogP contribution in [0.2, 0.25) is 10.0 Å². The zero-order valence-corrected chi connectivity index (χ0v) is 12.1. The average Bonchev–Trinajstić information content (AvgIpc) is 2.65. The molecule has 0 radical (unpaired) electrons. The molecule has 0 fully saturated rings. The van der Waals surface area contributed by atoms with Crippen molar-refractivity contribution >= 4 is 52.2 Å². The topological polar surface area (TPSA) is 46.6 Å². The molecule has 0 unspecified atom stereocenters. The summed E-state index contributed by atoms with van der Waals surface area (Å²) in [5, 5.41) is 0.540. The maximum Gasteiger partial charge on any atom is 0.299 e. The number of halogens is 3. The molecule has 1 aliphatic heterocycles. The monoisotopic (exact) mass is 321 g/mol. The highest BCUT2D eigenvalue weighted by molar-refractivity contribution is 6.56. The summed E-state index contributed by atoms with van der Waals surface area (Å²) in [5.41, 5.74) is 0.523. The van der Waals surface area contributed by atoms with Crippen molar-refractivity contribution in [1.82, 2.24) is 0 Å². The molecule has 1 aromatic rings. The quantitative estimate of drug-likeness (QED) is 0.476. The Hall–Kier alpha value is -0.810. The molecule has 102 valence electrons. The summed E-state index contributed by atoms with van der Waals surface area (Å²) >= 11 is 17.5. The van der Waals surface area contributed by atoms with Gasteiger partial charge in [0.2, 0.25) is 0 Å². The summed E-state index contributed by atoms with van der Waals surface area (Å²) in [4.78, 5) is 25.1. The highest BCUT2D eigenvalue weighted by Crippen LogP contribution is 2.39. The number of benzene rings is 1. The van der Waals surface area contributed by atoms with Crippen molar-refractivity contribution in [2.75, 3.05) is 30.5 Å². The summed E-state index contributed by atoms with van der Waals surface area (Å²) in [5.74, 6) is -0.907. The van der Waals surface area contributed by atoms with Gasteiger partial charge < -0.3 is 9.64 Å². The normalized spacial score (nSPS) is 14.2. The number of ether oxygens (including phenoxy) is 1. The second kappa shape index (κ2) is 6.09. The summed E-state index contributed by atoms with van der Waals surface area (Å²) in [6, 6.07) is 3.06. The SMILES string of the molecule is O=C1C(=O)N(CCOCCCl)c2c(Cl)ccc(Cl)c21. The Labute approximate surface area is 125 Å².